The third-order valence-electron chi connectivity index (χ3n) is 4.85. The summed E-state index contributed by atoms with van der Waals surface area (Å²) in [5.74, 6) is 0.960. The molecule has 0 saturated carbocycles. The molecule has 0 fully saturated rings. The maximum Gasteiger partial charge on any atom is 0.119 e. The van der Waals surface area contributed by atoms with Crippen LogP contribution in [-0.2, 0) is 6.42 Å². The first-order valence-electron chi connectivity index (χ1n) is 8.24. The van der Waals surface area contributed by atoms with Gasteiger partial charge in [0.25, 0.3) is 0 Å². The molecule has 0 spiro atoms. The fourth-order valence-electron chi connectivity index (χ4n) is 3.52. The van der Waals surface area contributed by atoms with Gasteiger partial charge in [0.1, 0.15) is 5.75 Å². The van der Waals surface area contributed by atoms with Crippen molar-refractivity contribution in [3.8, 4) is 5.75 Å². The van der Waals surface area contributed by atoms with E-state index < -0.39 is 0 Å². The van der Waals surface area contributed by atoms with Crippen molar-refractivity contribution in [3.05, 3.63) is 29.3 Å². The molecule has 1 N–H and O–H groups in total. The van der Waals surface area contributed by atoms with Gasteiger partial charge in [0.15, 0.2) is 0 Å². The highest BCUT2D eigenvalue weighted by Crippen LogP contribution is 2.37. The van der Waals surface area contributed by atoms with Crippen molar-refractivity contribution in [2.75, 3.05) is 20.7 Å². The normalized spacial score (nSPS) is 22.4. The minimum absolute atomic E-state index is 0.407. The van der Waals surface area contributed by atoms with Gasteiger partial charge in [-0.2, -0.15) is 0 Å². The number of ether oxygens (including phenoxy) is 1. The molecule has 1 aliphatic carbocycles. The Balaban J connectivity index is 2.24. The number of methoxy groups -OCH3 is 1. The van der Waals surface area contributed by atoms with E-state index in [0.29, 0.717) is 18.1 Å². The summed E-state index contributed by atoms with van der Waals surface area (Å²) in [7, 11) is 4.02. The van der Waals surface area contributed by atoms with Gasteiger partial charge in [-0.25, -0.2) is 0 Å². The molecule has 2 rings (SSSR count). The molecular formula is C18H30N2O. The summed E-state index contributed by atoms with van der Waals surface area (Å²) in [5, 5.41) is 3.68. The van der Waals surface area contributed by atoms with E-state index in [1.165, 1.54) is 24.0 Å². The summed E-state index contributed by atoms with van der Waals surface area (Å²) in [4.78, 5) is 2.56. The number of benzene rings is 1. The third-order valence-corrected chi connectivity index (χ3v) is 4.85. The van der Waals surface area contributed by atoms with Crippen LogP contribution in [0.3, 0.4) is 0 Å². The van der Waals surface area contributed by atoms with E-state index in [0.717, 1.165) is 18.7 Å². The minimum Gasteiger partial charge on any atom is -0.497 e. The first kappa shape index (κ1) is 16.3. The predicted molar refractivity (Wildman–Crippen MR) is 89.0 cm³/mol. The van der Waals surface area contributed by atoms with Crippen LogP contribution in [0.5, 0.6) is 5.75 Å². The van der Waals surface area contributed by atoms with Crippen molar-refractivity contribution in [1.29, 1.82) is 0 Å². The van der Waals surface area contributed by atoms with Crippen LogP contribution in [0.15, 0.2) is 18.2 Å². The SMILES string of the molecule is CCCC(C)N(C)C1Cc2ccc(OC)cc2C1NCC. The fraction of sp³-hybridized carbons (Fsp3) is 0.667. The Morgan fingerprint density at radius 1 is 1.38 bits per heavy atom. The Morgan fingerprint density at radius 3 is 2.76 bits per heavy atom. The van der Waals surface area contributed by atoms with Crippen molar-refractivity contribution in [2.45, 2.75) is 58.2 Å². The molecule has 0 bridgehead atoms. The molecule has 0 radical (unpaired) electrons. The lowest BCUT2D eigenvalue weighted by Crippen LogP contribution is -2.45. The molecule has 0 aliphatic heterocycles. The molecule has 3 atom stereocenters. The monoisotopic (exact) mass is 290 g/mol. The summed E-state index contributed by atoms with van der Waals surface area (Å²) in [6.07, 6.45) is 3.62. The molecule has 1 aromatic rings. The maximum atomic E-state index is 5.41. The quantitative estimate of drug-likeness (QED) is 0.833. The molecule has 1 aliphatic rings. The molecule has 3 unspecified atom stereocenters. The molecule has 21 heavy (non-hydrogen) atoms. The van der Waals surface area contributed by atoms with E-state index in [9.17, 15) is 0 Å². The Morgan fingerprint density at radius 2 is 2.14 bits per heavy atom. The zero-order valence-electron chi connectivity index (χ0n) is 14.1. The van der Waals surface area contributed by atoms with Crippen molar-refractivity contribution in [3.63, 3.8) is 0 Å². The summed E-state index contributed by atoms with van der Waals surface area (Å²) in [5.41, 5.74) is 2.87. The number of fused-ring (bicyclic) bond motifs is 1. The van der Waals surface area contributed by atoms with Crippen LogP contribution < -0.4 is 10.1 Å². The third kappa shape index (κ3) is 3.41. The number of nitrogens with one attached hydrogen (secondary N) is 1. The summed E-state index contributed by atoms with van der Waals surface area (Å²) < 4.78 is 5.41. The highest BCUT2D eigenvalue weighted by Gasteiger charge is 2.36. The van der Waals surface area contributed by atoms with Gasteiger partial charge in [0.2, 0.25) is 0 Å². The molecule has 3 nitrogen and oxygen atoms in total. The average Bonchev–Trinajstić information content (AvgIpc) is 2.85. The molecule has 0 saturated heterocycles. The predicted octanol–water partition coefficient (Wildman–Crippen LogP) is 3.39. The second kappa shape index (κ2) is 7.28. The molecular weight excluding hydrogens is 260 g/mol. The molecule has 0 heterocycles. The highest BCUT2D eigenvalue weighted by molar-refractivity contribution is 5.42. The van der Waals surface area contributed by atoms with Gasteiger partial charge in [-0.3, -0.25) is 4.90 Å². The standard InChI is InChI=1S/C18H30N2O/c1-6-8-13(3)20(4)17-11-14-9-10-15(21-5)12-16(14)18(17)19-7-2/h9-10,12-13,17-19H,6-8,11H2,1-5H3. The number of nitrogens with zero attached hydrogens (tertiary/aromatic N) is 1. The van der Waals surface area contributed by atoms with Crippen LogP contribution >= 0.6 is 0 Å². The summed E-state index contributed by atoms with van der Waals surface area (Å²) >= 11 is 0. The Bertz CT molecular complexity index is 461. The van der Waals surface area contributed by atoms with Crippen molar-refractivity contribution >= 4 is 0 Å². The van der Waals surface area contributed by atoms with E-state index in [1.54, 1.807) is 7.11 Å². The van der Waals surface area contributed by atoms with Crippen molar-refractivity contribution in [2.24, 2.45) is 0 Å². The number of likely N-dealkylation sites (N-methyl/N-ethyl adjacent to an activating group) is 2. The fourth-order valence-corrected chi connectivity index (χ4v) is 3.52. The first-order valence-corrected chi connectivity index (χ1v) is 8.24. The smallest absolute Gasteiger partial charge is 0.119 e. The minimum atomic E-state index is 0.407. The van der Waals surface area contributed by atoms with Gasteiger partial charge in [0.05, 0.1) is 7.11 Å². The zero-order chi connectivity index (χ0) is 15.4. The van der Waals surface area contributed by atoms with Crippen LogP contribution in [0.25, 0.3) is 0 Å². The lowest BCUT2D eigenvalue weighted by Gasteiger charge is -2.35. The number of hydrogen-bond donors (Lipinski definition) is 1. The van der Waals surface area contributed by atoms with E-state index in [-0.39, 0.29) is 0 Å². The molecule has 118 valence electrons. The van der Waals surface area contributed by atoms with Crippen LogP contribution in [0.2, 0.25) is 0 Å². The zero-order valence-corrected chi connectivity index (χ0v) is 14.1. The van der Waals surface area contributed by atoms with Crippen LogP contribution in [0.4, 0.5) is 0 Å². The van der Waals surface area contributed by atoms with Gasteiger partial charge in [-0.1, -0.05) is 26.3 Å². The summed E-state index contributed by atoms with van der Waals surface area (Å²) in [6.45, 7) is 7.79. The Labute approximate surface area is 129 Å². The molecule has 0 aromatic heterocycles. The molecule has 0 amide bonds. The number of rotatable bonds is 7. The summed E-state index contributed by atoms with van der Waals surface area (Å²) in [6, 6.07) is 8.09. The van der Waals surface area contributed by atoms with Gasteiger partial charge < -0.3 is 10.1 Å². The average molecular weight is 290 g/mol. The number of hydrogen-bond acceptors (Lipinski definition) is 3. The largest absolute Gasteiger partial charge is 0.497 e. The maximum absolute atomic E-state index is 5.41. The highest BCUT2D eigenvalue weighted by atomic mass is 16.5. The van der Waals surface area contributed by atoms with Gasteiger partial charge in [-0.15, -0.1) is 0 Å². The van der Waals surface area contributed by atoms with Gasteiger partial charge >= 0.3 is 0 Å². The molecule has 3 heteroatoms. The first-order chi connectivity index (χ1) is 10.1. The van der Waals surface area contributed by atoms with E-state index in [2.05, 4.69) is 56.2 Å². The van der Waals surface area contributed by atoms with Gasteiger partial charge in [-0.05, 0) is 56.6 Å². The van der Waals surface area contributed by atoms with Crippen LogP contribution in [0.1, 0.15) is 50.8 Å². The Kier molecular flexibility index (Phi) is 5.65. The van der Waals surface area contributed by atoms with Crippen LogP contribution in [0, 0.1) is 0 Å². The van der Waals surface area contributed by atoms with E-state index in [4.69, 9.17) is 4.74 Å². The Hall–Kier alpha value is -1.06. The van der Waals surface area contributed by atoms with Crippen molar-refractivity contribution in [1.82, 2.24) is 10.2 Å². The second-order valence-electron chi connectivity index (χ2n) is 6.17. The topological polar surface area (TPSA) is 24.5 Å². The van der Waals surface area contributed by atoms with E-state index in [1.807, 2.05) is 0 Å². The van der Waals surface area contributed by atoms with E-state index >= 15 is 0 Å². The molecule has 1 aromatic carbocycles. The lowest BCUT2D eigenvalue weighted by molar-refractivity contribution is 0.149. The van der Waals surface area contributed by atoms with Gasteiger partial charge in [0, 0.05) is 18.1 Å². The van der Waals surface area contributed by atoms with Crippen LogP contribution in [-0.4, -0.2) is 37.7 Å². The second-order valence-corrected chi connectivity index (χ2v) is 6.17. The lowest BCUT2D eigenvalue weighted by atomic mass is 10.0. The van der Waals surface area contributed by atoms with Crippen molar-refractivity contribution < 1.29 is 4.74 Å².